The summed E-state index contributed by atoms with van der Waals surface area (Å²) >= 11 is 0. The van der Waals surface area contributed by atoms with Crippen molar-refractivity contribution in [3.05, 3.63) is 40.2 Å². The van der Waals surface area contributed by atoms with Gasteiger partial charge in [0.15, 0.2) is 0 Å². The number of pyridine rings is 1. The molecule has 1 aliphatic heterocycles. The third kappa shape index (κ3) is 2.69. The summed E-state index contributed by atoms with van der Waals surface area (Å²) < 4.78 is 5.23. The molecule has 106 valence electrons. The predicted octanol–water partition coefficient (Wildman–Crippen LogP) is 0.942. The van der Waals surface area contributed by atoms with Crippen molar-refractivity contribution in [3.8, 4) is 5.75 Å². The first kappa shape index (κ1) is 13.1. The standard InChI is InChI=1S/C15H19N3O2/c1-20-13-2-3-14-11(9-13)8-12(15(19)17-14)10-18-6-4-16-5-7-18/h2-3,8-9,16H,4-7,10H2,1H3,(H,17,19). The topological polar surface area (TPSA) is 57.4 Å². The minimum absolute atomic E-state index is 0.00111. The first-order valence-corrected chi connectivity index (χ1v) is 6.89. The molecule has 3 rings (SSSR count). The van der Waals surface area contributed by atoms with E-state index in [1.165, 1.54) is 0 Å². The van der Waals surface area contributed by atoms with Crippen LogP contribution in [-0.2, 0) is 6.54 Å². The van der Waals surface area contributed by atoms with Crippen molar-refractivity contribution >= 4 is 10.9 Å². The second kappa shape index (κ2) is 5.64. The maximum Gasteiger partial charge on any atom is 0.252 e. The Hall–Kier alpha value is -1.85. The summed E-state index contributed by atoms with van der Waals surface area (Å²) in [5.74, 6) is 0.803. The molecule has 1 aromatic carbocycles. The molecule has 0 aliphatic carbocycles. The van der Waals surface area contributed by atoms with E-state index < -0.39 is 0 Å². The molecular weight excluding hydrogens is 254 g/mol. The van der Waals surface area contributed by atoms with Crippen LogP contribution in [0.15, 0.2) is 29.1 Å². The van der Waals surface area contributed by atoms with E-state index in [0.717, 1.165) is 48.4 Å². The van der Waals surface area contributed by atoms with Crippen LogP contribution in [0.4, 0.5) is 0 Å². The number of aromatic amines is 1. The van der Waals surface area contributed by atoms with E-state index >= 15 is 0 Å². The number of methoxy groups -OCH3 is 1. The van der Waals surface area contributed by atoms with Gasteiger partial charge < -0.3 is 15.0 Å². The lowest BCUT2D eigenvalue weighted by molar-refractivity contribution is 0.232. The van der Waals surface area contributed by atoms with Crippen LogP contribution >= 0.6 is 0 Å². The summed E-state index contributed by atoms with van der Waals surface area (Å²) in [5.41, 5.74) is 1.66. The molecule has 1 saturated heterocycles. The Balaban J connectivity index is 1.93. The molecule has 2 aromatic rings. The van der Waals surface area contributed by atoms with E-state index in [4.69, 9.17) is 4.74 Å². The lowest BCUT2D eigenvalue weighted by Gasteiger charge is -2.26. The molecular formula is C15H19N3O2. The Kier molecular flexibility index (Phi) is 3.71. The Morgan fingerprint density at radius 2 is 2.05 bits per heavy atom. The highest BCUT2D eigenvalue weighted by atomic mass is 16.5. The highest BCUT2D eigenvalue weighted by Gasteiger charge is 2.12. The van der Waals surface area contributed by atoms with Crippen molar-refractivity contribution in [2.24, 2.45) is 0 Å². The maximum atomic E-state index is 12.1. The fraction of sp³-hybridized carbons (Fsp3) is 0.400. The third-order valence-electron chi connectivity index (χ3n) is 3.73. The summed E-state index contributed by atoms with van der Waals surface area (Å²) in [5, 5.41) is 4.32. The number of fused-ring (bicyclic) bond motifs is 1. The summed E-state index contributed by atoms with van der Waals surface area (Å²) in [4.78, 5) is 17.4. The maximum absolute atomic E-state index is 12.1. The average Bonchev–Trinajstić information content (AvgIpc) is 2.48. The van der Waals surface area contributed by atoms with Gasteiger partial charge in [0.05, 0.1) is 7.11 Å². The fourth-order valence-electron chi connectivity index (χ4n) is 2.58. The van der Waals surface area contributed by atoms with Crippen molar-refractivity contribution in [3.63, 3.8) is 0 Å². The van der Waals surface area contributed by atoms with Gasteiger partial charge in [-0.25, -0.2) is 0 Å². The second-order valence-corrected chi connectivity index (χ2v) is 5.10. The van der Waals surface area contributed by atoms with Gasteiger partial charge in [-0.3, -0.25) is 9.69 Å². The molecule has 0 bridgehead atoms. The fourth-order valence-corrected chi connectivity index (χ4v) is 2.58. The number of hydrogen-bond donors (Lipinski definition) is 2. The first-order valence-electron chi connectivity index (χ1n) is 6.89. The largest absolute Gasteiger partial charge is 0.497 e. The van der Waals surface area contributed by atoms with Crippen molar-refractivity contribution in [1.29, 1.82) is 0 Å². The third-order valence-corrected chi connectivity index (χ3v) is 3.73. The number of aromatic nitrogens is 1. The zero-order valence-corrected chi connectivity index (χ0v) is 11.6. The number of piperazine rings is 1. The number of ether oxygens (including phenoxy) is 1. The normalized spacial score (nSPS) is 16.4. The second-order valence-electron chi connectivity index (χ2n) is 5.10. The van der Waals surface area contributed by atoms with E-state index in [0.29, 0.717) is 6.54 Å². The monoisotopic (exact) mass is 273 g/mol. The number of H-pyrrole nitrogens is 1. The molecule has 1 aromatic heterocycles. The van der Waals surface area contributed by atoms with E-state index in [9.17, 15) is 4.79 Å². The van der Waals surface area contributed by atoms with Crippen molar-refractivity contribution < 1.29 is 4.74 Å². The minimum Gasteiger partial charge on any atom is -0.497 e. The summed E-state index contributed by atoms with van der Waals surface area (Å²) in [6.45, 7) is 4.63. The molecule has 0 saturated carbocycles. The number of rotatable bonds is 3. The quantitative estimate of drug-likeness (QED) is 0.874. The number of benzene rings is 1. The van der Waals surface area contributed by atoms with Crippen LogP contribution < -0.4 is 15.6 Å². The zero-order valence-electron chi connectivity index (χ0n) is 11.6. The van der Waals surface area contributed by atoms with Crippen LogP contribution in [0.25, 0.3) is 10.9 Å². The van der Waals surface area contributed by atoms with E-state index in [-0.39, 0.29) is 5.56 Å². The van der Waals surface area contributed by atoms with Gasteiger partial charge in [0.1, 0.15) is 5.75 Å². The van der Waals surface area contributed by atoms with Gasteiger partial charge in [-0.2, -0.15) is 0 Å². The van der Waals surface area contributed by atoms with Gasteiger partial charge in [-0.05, 0) is 24.3 Å². The predicted molar refractivity (Wildman–Crippen MR) is 79.3 cm³/mol. The molecule has 0 atom stereocenters. The summed E-state index contributed by atoms with van der Waals surface area (Å²) in [6, 6.07) is 7.66. The molecule has 5 heteroatoms. The Labute approximate surface area is 117 Å². The Morgan fingerprint density at radius 1 is 1.25 bits per heavy atom. The lowest BCUT2D eigenvalue weighted by Crippen LogP contribution is -2.43. The Morgan fingerprint density at radius 3 is 2.80 bits per heavy atom. The number of hydrogen-bond acceptors (Lipinski definition) is 4. The summed E-state index contributed by atoms with van der Waals surface area (Å²) in [7, 11) is 1.65. The number of nitrogens with zero attached hydrogens (tertiary/aromatic N) is 1. The van der Waals surface area contributed by atoms with E-state index in [1.807, 2.05) is 24.3 Å². The molecule has 0 amide bonds. The van der Waals surface area contributed by atoms with Crippen molar-refractivity contribution in [2.75, 3.05) is 33.3 Å². The average molecular weight is 273 g/mol. The molecule has 0 unspecified atom stereocenters. The van der Waals surface area contributed by atoms with Gasteiger partial charge >= 0.3 is 0 Å². The molecule has 1 fully saturated rings. The molecule has 0 radical (unpaired) electrons. The van der Waals surface area contributed by atoms with Gasteiger partial charge in [0, 0.05) is 49.2 Å². The van der Waals surface area contributed by atoms with Crippen LogP contribution in [0.1, 0.15) is 5.56 Å². The first-order chi connectivity index (χ1) is 9.76. The van der Waals surface area contributed by atoms with E-state index in [1.54, 1.807) is 7.11 Å². The molecule has 5 nitrogen and oxygen atoms in total. The van der Waals surface area contributed by atoms with Gasteiger partial charge in [0.25, 0.3) is 5.56 Å². The van der Waals surface area contributed by atoms with Gasteiger partial charge in [-0.15, -0.1) is 0 Å². The van der Waals surface area contributed by atoms with Crippen LogP contribution in [0, 0.1) is 0 Å². The zero-order chi connectivity index (χ0) is 13.9. The van der Waals surface area contributed by atoms with Gasteiger partial charge in [0.2, 0.25) is 0 Å². The van der Waals surface area contributed by atoms with Crippen LogP contribution in [0.5, 0.6) is 5.75 Å². The molecule has 0 spiro atoms. The smallest absolute Gasteiger partial charge is 0.252 e. The van der Waals surface area contributed by atoms with E-state index in [2.05, 4.69) is 15.2 Å². The lowest BCUT2D eigenvalue weighted by atomic mass is 10.1. The van der Waals surface area contributed by atoms with Gasteiger partial charge in [-0.1, -0.05) is 0 Å². The highest BCUT2D eigenvalue weighted by molar-refractivity contribution is 5.80. The Bertz CT molecular complexity index is 660. The van der Waals surface area contributed by atoms with Crippen LogP contribution in [-0.4, -0.2) is 43.2 Å². The molecule has 20 heavy (non-hydrogen) atoms. The molecule has 1 aliphatic rings. The molecule has 2 N–H and O–H groups in total. The van der Waals surface area contributed by atoms with Crippen LogP contribution in [0.2, 0.25) is 0 Å². The minimum atomic E-state index is 0.00111. The van der Waals surface area contributed by atoms with Crippen LogP contribution in [0.3, 0.4) is 0 Å². The SMILES string of the molecule is COc1ccc2[nH]c(=O)c(CN3CCNCC3)cc2c1. The highest BCUT2D eigenvalue weighted by Crippen LogP contribution is 2.19. The van der Waals surface area contributed by atoms with Crippen molar-refractivity contribution in [2.45, 2.75) is 6.54 Å². The number of nitrogens with one attached hydrogen (secondary N) is 2. The molecule has 2 heterocycles. The summed E-state index contributed by atoms with van der Waals surface area (Å²) in [6.07, 6.45) is 0. The van der Waals surface area contributed by atoms with Crippen molar-refractivity contribution in [1.82, 2.24) is 15.2 Å².